The predicted molar refractivity (Wildman–Crippen MR) is 57.8 cm³/mol. The van der Waals surface area contributed by atoms with Gasteiger partial charge in [-0.05, 0) is 12.8 Å². The molecule has 0 atom stereocenters. The summed E-state index contributed by atoms with van der Waals surface area (Å²) in [5, 5.41) is 0. The number of nitrogens with zero attached hydrogens (tertiary/aromatic N) is 2. The van der Waals surface area contributed by atoms with Crippen LogP contribution >= 0.6 is 0 Å². The molecule has 2 aliphatic rings. The fourth-order valence-electron chi connectivity index (χ4n) is 2.34. The van der Waals surface area contributed by atoms with Crippen molar-refractivity contribution in [1.82, 2.24) is 9.80 Å². The molecule has 0 aromatic carbocycles. The molecule has 3 nitrogen and oxygen atoms in total. The fraction of sp³-hybridized carbons (Fsp3) is 0.818. The standard InChI is InChI=1S/C11H19N3/c1-2-3-13-4-6-14(7-5-13)11-8-10(12)9-11/h1,10-11H,3-9,12H2. The van der Waals surface area contributed by atoms with Crippen LogP contribution in [-0.4, -0.2) is 54.6 Å². The molecule has 0 unspecified atom stereocenters. The monoisotopic (exact) mass is 193 g/mol. The molecule has 1 heterocycles. The largest absolute Gasteiger partial charge is 0.328 e. The van der Waals surface area contributed by atoms with Crippen LogP contribution in [0.15, 0.2) is 0 Å². The molecule has 2 fully saturated rings. The molecule has 78 valence electrons. The number of terminal acetylenes is 1. The first-order valence-electron chi connectivity index (χ1n) is 5.45. The number of hydrogen-bond acceptors (Lipinski definition) is 3. The Balaban J connectivity index is 1.71. The van der Waals surface area contributed by atoms with Crippen LogP contribution in [0.5, 0.6) is 0 Å². The van der Waals surface area contributed by atoms with Crippen LogP contribution in [0.4, 0.5) is 0 Å². The molecular weight excluding hydrogens is 174 g/mol. The molecule has 0 spiro atoms. The summed E-state index contributed by atoms with van der Waals surface area (Å²) in [7, 11) is 0. The average Bonchev–Trinajstić information content (AvgIpc) is 2.15. The van der Waals surface area contributed by atoms with Gasteiger partial charge in [0.05, 0.1) is 6.54 Å². The van der Waals surface area contributed by atoms with Crippen molar-refractivity contribution in [2.24, 2.45) is 5.73 Å². The van der Waals surface area contributed by atoms with E-state index in [0.717, 1.165) is 25.7 Å². The molecule has 1 saturated carbocycles. The van der Waals surface area contributed by atoms with Crippen molar-refractivity contribution in [3.63, 3.8) is 0 Å². The van der Waals surface area contributed by atoms with Gasteiger partial charge in [0, 0.05) is 38.3 Å². The van der Waals surface area contributed by atoms with Crippen molar-refractivity contribution in [3.05, 3.63) is 0 Å². The van der Waals surface area contributed by atoms with Crippen molar-refractivity contribution in [1.29, 1.82) is 0 Å². The summed E-state index contributed by atoms with van der Waals surface area (Å²) >= 11 is 0. The maximum Gasteiger partial charge on any atom is 0.0599 e. The van der Waals surface area contributed by atoms with E-state index < -0.39 is 0 Å². The van der Waals surface area contributed by atoms with Crippen molar-refractivity contribution >= 4 is 0 Å². The minimum absolute atomic E-state index is 0.462. The molecule has 0 aromatic heterocycles. The predicted octanol–water partition coefficient (Wildman–Crippen LogP) is -0.273. The molecular formula is C11H19N3. The molecule has 0 radical (unpaired) electrons. The highest BCUT2D eigenvalue weighted by atomic mass is 15.3. The Bertz CT molecular complexity index is 219. The van der Waals surface area contributed by atoms with Gasteiger partial charge < -0.3 is 5.73 Å². The minimum Gasteiger partial charge on any atom is -0.328 e. The summed E-state index contributed by atoms with van der Waals surface area (Å²) < 4.78 is 0. The lowest BCUT2D eigenvalue weighted by Gasteiger charge is -2.45. The van der Waals surface area contributed by atoms with Gasteiger partial charge in [-0.1, -0.05) is 5.92 Å². The van der Waals surface area contributed by atoms with Crippen molar-refractivity contribution < 1.29 is 0 Å². The van der Waals surface area contributed by atoms with E-state index in [1.165, 1.54) is 25.9 Å². The van der Waals surface area contributed by atoms with E-state index in [4.69, 9.17) is 12.2 Å². The third-order valence-electron chi connectivity index (χ3n) is 3.39. The van der Waals surface area contributed by atoms with E-state index >= 15 is 0 Å². The highest BCUT2D eigenvalue weighted by Gasteiger charge is 2.32. The van der Waals surface area contributed by atoms with Gasteiger partial charge in [-0.15, -0.1) is 6.42 Å². The molecule has 1 saturated heterocycles. The molecule has 0 amide bonds. The van der Waals surface area contributed by atoms with Gasteiger partial charge >= 0.3 is 0 Å². The smallest absolute Gasteiger partial charge is 0.0599 e. The third kappa shape index (κ3) is 2.09. The summed E-state index contributed by atoms with van der Waals surface area (Å²) in [4.78, 5) is 4.91. The van der Waals surface area contributed by atoms with Crippen LogP contribution in [0.25, 0.3) is 0 Å². The number of hydrogen-bond donors (Lipinski definition) is 1. The normalized spacial score (nSPS) is 34.9. The fourth-order valence-corrected chi connectivity index (χ4v) is 2.34. The zero-order valence-electron chi connectivity index (χ0n) is 8.65. The molecule has 1 aliphatic carbocycles. The summed E-state index contributed by atoms with van der Waals surface area (Å²) in [6.07, 6.45) is 7.67. The van der Waals surface area contributed by atoms with E-state index in [1.54, 1.807) is 0 Å². The maximum absolute atomic E-state index is 5.79. The number of nitrogens with two attached hydrogens (primary N) is 1. The van der Waals surface area contributed by atoms with Gasteiger partial charge in [-0.25, -0.2) is 0 Å². The molecule has 3 heteroatoms. The minimum atomic E-state index is 0.462. The first-order chi connectivity index (χ1) is 6.79. The van der Waals surface area contributed by atoms with Gasteiger partial charge in [0.1, 0.15) is 0 Å². The Kier molecular flexibility index (Phi) is 3.07. The molecule has 0 aromatic rings. The summed E-state index contributed by atoms with van der Waals surface area (Å²) in [5.41, 5.74) is 5.79. The first-order valence-corrected chi connectivity index (χ1v) is 5.45. The second-order valence-corrected chi connectivity index (χ2v) is 4.40. The lowest BCUT2D eigenvalue weighted by atomic mass is 9.86. The Labute approximate surface area is 86.2 Å². The Morgan fingerprint density at radius 1 is 1.21 bits per heavy atom. The Morgan fingerprint density at radius 3 is 2.36 bits per heavy atom. The van der Waals surface area contributed by atoms with E-state index in [0.29, 0.717) is 6.04 Å². The summed E-state index contributed by atoms with van der Waals surface area (Å²) in [6.45, 7) is 5.38. The van der Waals surface area contributed by atoms with Crippen LogP contribution in [0.1, 0.15) is 12.8 Å². The van der Waals surface area contributed by atoms with Gasteiger partial charge in [0.15, 0.2) is 0 Å². The van der Waals surface area contributed by atoms with E-state index in [1.807, 2.05) is 0 Å². The number of piperazine rings is 1. The SMILES string of the molecule is C#CCN1CCN(C2CC(N)C2)CC1. The summed E-state index contributed by atoms with van der Waals surface area (Å²) in [6, 6.07) is 1.22. The Hall–Kier alpha value is -0.560. The average molecular weight is 193 g/mol. The first kappa shape index (κ1) is 9.97. The van der Waals surface area contributed by atoms with Gasteiger partial charge in [0.25, 0.3) is 0 Å². The van der Waals surface area contributed by atoms with Crippen LogP contribution in [0, 0.1) is 12.3 Å². The van der Waals surface area contributed by atoms with Gasteiger partial charge in [-0.2, -0.15) is 0 Å². The van der Waals surface area contributed by atoms with Crippen molar-refractivity contribution in [3.8, 4) is 12.3 Å². The Morgan fingerprint density at radius 2 is 1.86 bits per heavy atom. The topological polar surface area (TPSA) is 32.5 Å². The highest BCUT2D eigenvalue weighted by Crippen LogP contribution is 2.24. The molecule has 1 aliphatic heterocycles. The third-order valence-corrected chi connectivity index (χ3v) is 3.39. The van der Waals surface area contributed by atoms with E-state index in [-0.39, 0.29) is 0 Å². The second-order valence-electron chi connectivity index (χ2n) is 4.40. The van der Waals surface area contributed by atoms with Crippen molar-refractivity contribution in [2.75, 3.05) is 32.7 Å². The van der Waals surface area contributed by atoms with E-state index in [2.05, 4.69) is 15.7 Å². The van der Waals surface area contributed by atoms with Gasteiger partial charge in [0.2, 0.25) is 0 Å². The molecule has 14 heavy (non-hydrogen) atoms. The lowest BCUT2D eigenvalue weighted by molar-refractivity contribution is 0.0576. The van der Waals surface area contributed by atoms with E-state index in [9.17, 15) is 0 Å². The number of rotatable bonds is 2. The van der Waals surface area contributed by atoms with Gasteiger partial charge in [-0.3, -0.25) is 9.80 Å². The van der Waals surface area contributed by atoms with Crippen LogP contribution in [-0.2, 0) is 0 Å². The zero-order chi connectivity index (χ0) is 9.97. The second kappa shape index (κ2) is 4.31. The van der Waals surface area contributed by atoms with Crippen LogP contribution in [0.2, 0.25) is 0 Å². The molecule has 0 bridgehead atoms. The van der Waals surface area contributed by atoms with Crippen LogP contribution < -0.4 is 5.73 Å². The maximum atomic E-state index is 5.79. The van der Waals surface area contributed by atoms with Crippen molar-refractivity contribution in [2.45, 2.75) is 24.9 Å². The molecule has 2 rings (SSSR count). The summed E-state index contributed by atoms with van der Waals surface area (Å²) in [5.74, 6) is 2.70. The molecule has 2 N–H and O–H groups in total. The zero-order valence-corrected chi connectivity index (χ0v) is 8.65. The highest BCUT2D eigenvalue weighted by molar-refractivity contribution is 4.94. The van der Waals surface area contributed by atoms with Crippen LogP contribution in [0.3, 0.4) is 0 Å². The quantitative estimate of drug-likeness (QED) is 0.613. The lowest BCUT2D eigenvalue weighted by Crippen LogP contribution is -2.56.